The largest absolute Gasteiger partial charge is 0.493 e. The first-order chi connectivity index (χ1) is 15.8. The van der Waals surface area contributed by atoms with Gasteiger partial charge >= 0.3 is 5.97 Å². The first kappa shape index (κ1) is 24.2. The second-order valence-electron chi connectivity index (χ2n) is 7.34. The summed E-state index contributed by atoms with van der Waals surface area (Å²) < 4.78 is 16.5. The third-order valence-corrected chi connectivity index (χ3v) is 6.21. The molecule has 0 spiro atoms. The Morgan fingerprint density at radius 3 is 2.39 bits per heavy atom. The lowest BCUT2D eigenvalue weighted by molar-refractivity contribution is -0.384. The van der Waals surface area contributed by atoms with Crippen LogP contribution in [0.5, 0.6) is 11.5 Å². The van der Waals surface area contributed by atoms with Gasteiger partial charge in [-0.25, -0.2) is 4.79 Å². The maximum absolute atomic E-state index is 12.9. The van der Waals surface area contributed by atoms with Gasteiger partial charge in [-0.1, -0.05) is 28.1 Å². The summed E-state index contributed by atoms with van der Waals surface area (Å²) in [6.07, 6.45) is 3.36. The molecule has 9 nitrogen and oxygen atoms in total. The Labute approximate surface area is 199 Å². The number of halogens is 1. The highest BCUT2D eigenvalue weighted by molar-refractivity contribution is 9.10. The lowest BCUT2D eigenvalue weighted by atomic mass is 9.93. The summed E-state index contributed by atoms with van der Waals surface area (Å²) in [5.41, 5.74) is 1.40. The molecule has 2 aromatic rings. The van der Waals surface area contributed by atoms with Crippen molar-refractivity contribution in [3.63, 3.8) is 0 Å². The minimum absolute atomic E-state index is 0.0539. The van der Waals surface area contributed by atoms with E-state index in [1.807, 2.05) is 0 Å². The van der Waals surface area contributed by atoms with E-state index in [2.05, 4.69) is 15.9 Å². The van der Waals surface area contributed by atoms with E-state index in [4.69, 9.17) is 14.2 Å². The Morgan fingerprint density at radius 2 is 1.82 bits per heavy atom. The van der Waals surface area contributed by atoms with Crippen molar-refractivity contribution in [1.29, 1.82) is 0 Å². The highest BCUT2D eigenvalue weighted by Crippen LogP contribution is 2.37. The van der Waals surface area contributed by atoms with Gasteiger partial charge in [0.15, 0.2) is 17.3 Å². The van der Waals surface area contributed by atoms with Gasteiger partial charge in [-0.2, -0.15) is 0 Å². The first-order valence-corrected chi connectivity index (χ1v) is 10.8. The fourth-order valence-electron chi connectivity index (χ4n) is 3.77. The maximum Gasteiger partial charge on any atom is 0.328 e. The first-order valence-electron chi connectivity index (χ1n) is 10.00. The molecule has 10 heteroatoms. The van der Waals surface area contributed by atoms with Gasteiger partial charge in [0.2, 0.25) is 0 Å². The Balaban J connectivity index is 2.01. The average molecular weight is 519 g/mol. The summed E-state index contributed by atoms with van der Waals surface area (Å²) in [7, 11) is 4.36. The van der Waals surface area contributed by atoms with E-state index in [1.165, 1.54) is 39.5 Å². The van der Waals surface area contributed by atoms with Crippen molar-refractivity contribution >= 4 is 33.4 Å². The molecule has 1 aliphatic heterocycles. The van der Waals surface area contributed by atoms with Crippen LogP contribution in [-0.4, -0.2) is 48.9 Å². The number of carbonyl (C=O) groups excluding carboxylic acids is 2. The number of allylic oxidation sites excluding steroid dienone is 1. The van der Waals surface area contributed by atoms with Crippen LogP contribution in [0.25, 0.3) is 0 Å². The summed E-state index contributed by atoms with van der Waals surface area (Å²) in [5, 5.41) is 11.0. The summed E-state index contributed by atoms with van der Waals surface area (Å²) >= 11 is 3.52. The normalized spacial score (nSPS) is 16.3. The SMILES string of the molecule is COC(=O)[C@H](Cc1cc(OC)c(OC)cc1Br)N1C=CC(=O)CC1c1ccc([N+](=O)[O-])cc1. The van der Waals surface area contributed by atoms with E-state index in [0.29, 0.717) is 17.1 Å². The molecule has 33 heavy (non-hydrogen) atoms. The number of ether oxygens (including phenoxy) is 3. The van der Waals surface area contributed by atoms with Gasteiger partial charge < -0.3 is 19.1 Å². The van der Waals surface area contributed by atoms with Crippen molar-refractivity contribution in [2.24, 2.45) is 0 Å². The van der Waals surface area contributed by atoms with Crippen molar-refractivity contribution in [1.82, 2.24) is 4.90 Å². The van der Waals surface area contributed by atoms with Crippen LogP contribution in [0.2, 0.25) is 0 Å². The van der Waals surface area contributed by atoms with Gasteiger partial charge in [0.05, 0.1) is 32.3 Å². The van der Waals surface area contributed by atoms with Gasteiger partial charge in [-0.05, 0) is 29.3 Å². The number of non-ortho nitro benzene ring substituents is 1. The van der Waals surface area contributed by atoms with Crippen molar-refractivity contribution < 1.29 is 28.7 Å². The molecular weight excluding hydrogens is 496 g/mol. The molecule has 2 aromatic carbocycles. The van der Waals surface area contributed by atoms with Gasteiger partial charge in [-0.15, -0.1) is 0 Å². The van der Waals surface area contributed by atoms with Gasteiger partial charge in [-0.3, -0.25) is 14.9 Å². The van der Waals surface area contributed by atoms with Crippen LogP contribution in [0.3, 0.4) is 0 Å². The highest BCUT2D eigenvalue weighted by atomic mass is 79.9. The molecule has 0 N–H and O–H groups in total. The van der Waals surface area contributed by atoms with E-state index in [0.717, 1.165) is 10.0 Å². The molecule has 3 rings (SSSR count). The second kappa shape index (κ2) is 10.5. The molecule has 0 bridgehead atoms. The second-order valence-corrected chi connectivity index (χ2v) is 8.19. The predicted molar refractivity (Wildman–Crippen MR) is 123 cm³/mol. The van der Waals surface area contributed by atoms with E-state index in [-0.39, 0.29) is 24.3 Å². The lowest BCUT2D eigenvalue weighted by Crippen LogP contribution is -2.44. The topological polar surface area (TPSA) is 108 Å². The zero-order chi connectivity index (χ0) is 24.1. The van der Waals surface area contributed by atoms with Crippen LogP contribution in [0, 0.1) is 10.1 Å². The number of nitro benzene ring substituents is 1. The van der Waals surface area contributed by atoms with Gasteiger partial charge in [0.25, 0.3) is 5.69 Å². The predicted octanol–water partition coefficient (Wildman–Crippen LogP) is 3.99. The lowest BCUT2D eigenvalue weighted by Gasteiger charge is -2.38. The molecular formula is C23H23BrN2O7. The number of methoxy groups -OCH3 is 3. The van der Waals surface area contributed by atoms with Crippen molar-refractivity contribution in [2.75, 3.05) is 21.3 Å². The highest BCUT2D eigenvalue weighted by Gasteiger charge is 2.35. The third-order valence-electron chi connectivity index (χ3n) is 5.47. The molecule has 0 fully saturated rings. The average Bonchev–Trinajstić information content (AvgIpc) is 2.82. The van der Waals surface area contributed by atoms with Crippen LogP contribution in [0.1, 0.15) is 23.6 Å². The molecule has 2 atom stereocenters. The molecule has 0 amide bonds. The number of rotatable bonds is 8. The number of carbonyl (C=O) groups is 2. The molecule has 1 heterocycles. The van der Waals surface area contributed by atoms with Crippen molar-refractivity contribution in [3.8, 4) is 11.5 Å². The molecule has 1 unspecified atom stereocenters. The Morgan fingerprint density at radius 1 is 1.18 bits per heavy atom. The van der Waals surface area contributed by atoms with Crippen molar-refractivity contribution in [2.45, 2.75) is 24.9 Å². The maximum atomic E-state index is 12.9. The summed E-state index contributed by atoms with van der Waals surface area (Å²) in [6, 6.07) is 8.24. The van der Waals surface area contributed by atoms with Crippen LogP contribution < -0.4 is 9.47 Å². The van der Waals surface area contributed by atoms with E-state index in [9.17, 15) is 19.7 Å². The fourth-order valence-corrected chi connectivity index (χ4v) is 4.26. The standard InChI is InChI=1S/C23H23BrN2O7/c1-31-21-11-15(18(24)13-22(21)32-2)10-20(23(28)33-3)25-9-8-17(27)12-19(25)14-4-6-16(7-5-14)26(29)30/h4-9,11,13,19-20H,10,12H2,1-3H3/t19?,20-/m0/s1. The van der Waals surface area contributed by atoms with E-state index < -0.39 is 23.0 Å². The Hall–Kier alpha value is -3.40. The zero-order valence-corrected chi connectivity index (χ0v) is 19.9. The molecule has 1 aliphatic rings. The monoisotopic (exact) mass is 518 g/mol. The summed E-state index contributed by atoms with van der Waals surface area (Å²) in [4.78, 5) is 37.4. The Bertz CT molecular complexity index is 1080. The quantitative estimate of drug-likeness (QED) is 0.293. The summed E-state index contributed by atoms with van der Waals surface area (Å²) in [5.74, 6) is 0.457. The number of nitro groups is 1. The summed E-state index contributed by atoms with van der Waals surface area (Å²) in [6.45, 7) is 0. The number of hydrogen-bond donors (Lipinski definition) is 0. The van der Waals surface area contributed by atoms with E-state index in [1.54, 1.807) is 35.4 Å². The van der Waals surface area contributed by atoms with Gasteiger partial charge in [0, 0.05) is 35.6 Å². The number of benzene rings is 2. The van der Waals surface area contributed by atoms with Crippen LogP contribution in [0.15, 0.2) is 53.1 Å². The fraction of sp³-hybridized carbons (Fsp3) is 0.304. The number of esters is 1. The van der Waals surface area contributed by atoms with Crippen LogP contribution in [0.4, 0.5) is 5.69 Å². The molecule has 174 valence electrons. The molecule has 0 radical (unpaired) electrons. The smallest absolute Gasteiger partial charge is 0.328 e. The van der Waals surface area contributed by atoms with Gasteiger partial charge in [0.1, 0.15) is 6.04 Å². The zero-order valence-electron chi connectivity index (χ0n) is 18.3. The Kier molecular flexibility index (Phi) is 7.70. The molecule has 0 aromatic heterocycles. The van der Waals surface area contributed by atoms with Crippen LogP contribution in [-0.2, 0) is 20.7 Å². The van der Waals surface area contributed by atoms with Crippen molar-refractivity contribution in [3.05, 3.63) is 74.4 Å². The van der Waals surface area contributed by atoms with E-state index >= 15 is 0 Å². The van der Waals surface area contributed by atoms with Crippen LogP contribution >= 0.6 is 15.9 Å². The number of nitrogens with zero attached hydrogens (tertiary/aromatic N) is 2. The number of ketones is 1. The molecule has 0 aliphatic carbocycles. The number of hydrogen-bond acceptors (Lipinski definition) is 8. The molecule has 0 saturated carbocycles. The minimum atomic E-state index is -0.769. The molecule has 0 saturated heterocycles. The third kappa shape index (κ3) is 5.33. The minimum Gasteiger partial charge on any atom is -0.493 e.